The number of sulfonamides is 1. The van der Waals surface area contributed by atoms with Gasteiger partial charge in [-0.1, -0.05) is 47.5 Å². The summed E-state index contributed by atoms with van der Waals surface area (Å²) in [6, 6.07) is 11.5. The van der Waals surface area contributed by atoms with Crippen LogP contribution in [0.15, 0.2) is 53.0 Å². The van der Waals surface area contributed by atoms with Crippen LogP contribution in [0, 0.1) is 5.82 Å². The van der Waals surface area contributed by atoms with E-state index >= 15 is 0 Å². The van der Waals surface area contributed by atoms with Crippen molar-refractivity contribution in [3.05, 3.63) is 64.4 Å². The zero-order chi connectivity index (χ0) is 24.6. The Balaban J connectivity index is 2.35. The first-order valence-electron chi connectivity index (χ1n) is 10.6. The van der Waals surface area contributed by atoms with Gasteiger partial charge in [-0.25, -0.2) is 12.8 Å². The van der Waals surface area contributed by atoms with Crippen LogP contribution in [0.4, 0.5) is 10.1 Å². The number of unbranched alkanes of at least 4 members (excludes halogenated alkanes) is 1. The number of hydrogen-bond donors (Lipinski definition) is 1. The highest BCUT2D eigenvalue weighted by Gasteiger charge is 2.30. The zero-order valence-corrected chi connectivity index (χ0v) is 21.3. The molecular formula is C23H29BrFN3O4S. The van der Waals surface area contributed by atoms with Crippen molar-refractivity contribution in [3.63, 3.8) is 0 Å². The summed E-state index contributed by atoms with van der Waals surface area (Å²) in [5.41, 5.74) is 0.536. The summed E-state index contributed by atoms with van der Waals surface area (Å²) in [6.07, 6.45) is 2.68. The SMILES string of the molecule is CCCCNC(=O)C(C)N(Cc1ccccc1F)C(=O)CN(c1ccc(Br)cc1)S(C)(=O)=O. The van der Waals surface area contributed by atoms with E-state index in [9.17, 15) is 22.4 Å². The minimum absolute atomic E-state index is 0.175. The van der Waals surface area contributed by atoms with E-state index in [4.69, 9.17) is 0 Å². The second-order valence-electron chi connectivity index (χ2n) is 7.68. The molecule has 0 aliphatic rings. The van der Waals surface area contributed by atoms with Crippen molar-refractivity contribution in [2.45, 2.75) is 39.3 Å². The van der Waals surface area contributed by atoms with Gasteiger partial charge in [-0.2, -0.15) is 0 Å². The van der Waals surface area contributed by atoms with Crippen molar-refractivity contribution < 1.29 is 22.4 Å². The Kier molecular flexibility index (Phi) is 9.85. The van der Waals surface area contributed by atoms with Gasteiger partial charge >= 0.3 is 0 Å². The predicted molar refractivity (Wildman–Crippen MR) is 131 cm³/mol. The van der Waals surface area contributed by atoms with Crippen LogP contribution in [0.3, 0.4) is 0 Å². The average Bonchev–Trinajstić information content (AvgIpc) is 2.76. The van der Waals surface area contributed by atoms with Gasteiger partial charge < -0.3 is 10.2 Å². The van der Waals surface area contributed by atoms with E-state index in [0.29, 0.717) is 12.2 Å². The average molecular weight is 542 g/mol. The van der Waals surface area contributed by atoms with E-state index in [0.717, 1.165) is 27.9 Å². The van der Waals surface area contributed by atoms with Crippen LogP contribution in [-0.2, 0) is 26.2 Å². The van der Waals surface area contributed by atoms with Crippen LogP contribution in [0.25, 0.3) is 0 Å². The van der Waals surface area contributed by atoms with Crippen molar-refractivity contribution in [2.24, 2.45) is 0 Å². The lowest BCUT2D eigenvalue weighted by molar-refractivity contribution is -0.139. The van der Waals surface area contributed by atoms with E-state index in [1.807, 2.05) is 6.92 Å². The predicted octanol–water partition coefficient (Wildman–Crippen LogP) is 3.69. The molecule has 0 aliphatic carbocycles. The highest BCUT2D eigenvalue weighted by molar-refractivity contribution is 9.10. The number of amides is 2. The molecule has 10 heteroatoms. The summed E-state index contributed by atoms with van der Waals surface area (Å²) in [6.45, 7) is 3.29. The normalized spacial score (nSPS) is 12.2. The zero-order valence-electron chi connectivity index (χ0n) is 18.9. The van der Waals surface area contributed by atoms with Gasteiger partial charge in [0.1, 0.15) is 18.4 Å². The monoisotopic (exact) mass is 541 g/mol. The Morgan fingerprint density at radius 3 is 2.33 bits per heavy atom. The molecule has 0 saturated carbocycles. The first-order valence-corrected chi connectivity index (χ1v) is 13.2. The summed E-state index contributed by atoms with van der Waals surface area (Å²) in [5, 5.41) is 2.78. The lowest BCUT2D eigenvalue weighted by Gasteiger charge is -2.31. The summed E-state index contributed by atoms with van der Waals surface area (Å²) in [4.78, 5) is 27.2. The maximum absolute atomic E-state index is 14.3. The number of benzene rings is 2. The van der Waals surface area contributed by atoms with E-state index in [-0.39, 0.29) is 18.0 Å². The van der Waals surface area contributed by atoms with Crippen molar-refractivity contribution >= 4 is 43.5 Å². The van der Waals surface area contributed by atoms with Crippen molar-refractivity contribution in [2.75, 3.05) is 23.7 Å². The number of anilines is 1. The fraction of sp³-hybridized carbons (Fsp3) is 0.391. The highest BCUT2D eigenvalue weighted by Crippen LogP contribution is 2.22. The van der Waals surface area contributed by atoms with Crippen LogP contribution in [0.5, 0.6) is 0 Å². The molecule has 0 radical (unpaired) electrons. The Labute approximate surface area is 203 Å². The summed E-state index contributed by atoms with van der Waals surface area (Å²) < 4.78 is 41.0. The molecule has 2 aromatic rings. The van der Waals surface area contributed by atoms with Crippen LogP contribution in [-0.4, -0.2) is 50.5 Å². The third-order valence-electron chi connectivity index (χ3n) is 5.09. The molecule has 1 N–H and O–H groups in total. The number of nitrogens with one attached hydrogen (secondary N) is 1. The quantitative estimate of drug-likeness (QED) is 0.439. The molecule has 0 saturated heterocycles. The van der Waals surface area contributed by atoms with Crippen LogP contribution in [0.1, 0.15) is 32.3 Å². The smallest absolute Gasteiger partial charge is 0.244 e. The Morgan fingerprint density at radius 2 is 1.76 bits per heavy atom. The summed E-state index contributed by atoms with van der Waals surface area (Å²) in [7, 11) is -3.81. The molecule has 2 aromatic carbocycles. The number of carbonyl (C=O) groups is 2. The molecule has 0 bridgehead atoms. The molecule has 7 nitrogen and oxygen atoms in total. The molecule has 0 spiro atoms. The van der Waals surface area contributed by atoms with Gasteiger partial charge in [-0.3, -0.25) is 13.9 Å². The molecule has 180 valence electrons. The first kappa shape index (κ1) is 26.8. The maximum atomic E-state index is 14.3. The van der Waals surface area contributed by atoms with Crippen molar-refractivity contribution in [1.82, 2.24) is 10.2 Å². The number of nitrogens with zero attached hydrogens (tertiary/aromatic N) is 2. The second-order valence-corrected chi connectivity index (χ2v) is 10.5. The molecule has 2 rings (SSSR count). The Morgan fingerprint density at radius 1 is 1.12 bits per heavy atom. The second kappa shape index (κ2) is 12.1. The molecular weight excluding hydrogens is 513 g/mol. The minimum atomic E-state index is -3.81. The minimum Gasteiger partial charge on any atom is -0.354 e. The summed E-state index contributed by atoms with van der Waals surface area (Å²) >= 11 is 3.30. The van der Waals surface area contributed by atoms with Crippen molar-refractivity contribution in [1.29, 1.82) is 0 Å². The molecule has 0 fully saturated rings. The van der Waals surface area contributed by atoms with Gasteiger partial charge in [0.05, 0.1) is 11.9 Å². The lowest BCUT2D eigenvalue weighted by atomic mass is 10.1. The maximum Gasteiger partial charge on any atom is 0.244 e. The topological polar surface area (TPSA) is 86.8 Å². The number of halogens is 2. The van der Waals surface area contributed by atoms with Crippen LogP contribution < -0.4 is 9.62 Å². The van der Waals surface area contributed by atoms with Crippen molar-refractivity contribution in [3.8, 4) is 0 Å². The molecule has 1 unspecified atom stereocenters. The number of rotatable bonds is 11. The van der Waals surface area contributed by atoms with Gasteiger partial charge in [-0.05, 0) is 43.7 Å². The Hall–Kier alpha value is -2.46. The number of hydrogen-bond acceptors (Lipinski definition) is 4. The van der Waals surface area contributed by atoms with E-state index in [1.165, 1.54) is 23.1 Å². The lowest BCUT2D eigenvalue weighted by Crippen LogP contribution is -2.51. The van der Waals surface area contributed by atoms with Crippen LogP contribution in [0.2, 0.25) is 0 Å². The van der Waals surface area contributed by atoms with E-state index in [2.05, 4.69) is 21.2 Å². The molecule has 0 aromatic heterocycles. The van der Waals surface area contributed by atoms with Gasteiger partial charge in [0.2, 0.25) is 21.8 Å². The van der Waals surface area contributed by atoms with Crippen LogP contribution >= 0.6 is 15.9 Å². The van der Waals surface area contributed by atoms with Gasteiger partial charge in [-0.15, -0.1) is 0 Å². The summed E-state index contributed by atoms with van der Waals surface area (Å²) in [5.74, 6) is -1.52. The Bertz CT molecular complexity index is 1060. The van der Waals surface area contributed by atoms with Gasteiger partial charge in [0, 0.05) is 23.1 Å². The van der Waals surface area contributed by atoms with E-state index in [1.54, 1.807) is 37.3 Å². The van der Waals surface area contributed by atoms with Gasteiger partial charge in [0.25, 0.3) is 0 Å². The fourth-order valence-corrected chi connectivity index (χ4v) is 4.26. The molecule has 0 aliphatic heterocycles. The third kappa shape index (κ3) is 7.82. The third-order valence-corrected chi connectivity index (χ3v) is 6.76. The fourth-order valence-electron chi connectivity index (χ4n) is 3.15. The van der Waals surface area contributed by atoms with Gasteiger partial charge in [0.15, 0.2) is 0 Å². The molecule has 1 atom stereocenters. The first-order chi connectivity index (χ1) is 15.5. The highest BCUT2D eigenvalue weighted by atomic mass is 79.9. The molecule has 0 heterocycles. The number of carbonyl (C=O) groups excluding carboxylic acids is 2. The standard InChI is InChI=1S/C23H29BrFN3O4S/c1-4-5-14-26-23(30)17(2)27(15-18-8-6-7-9-21(18)25)22(29)16-28(33(3,31)32)20-12-10-19(24)11-13-20/h6-13,17H,4-5,14-16H2,1-3H3,(H,26,30). The molecule has 33 heavy (non-hydrogen) atoms. The van der Waals surface area contributed by atoms with E-state index < -0.39 is 34.3 Å². The largest absolute Gasteiger partial charge is 0.354 e. The molecule has 2 amide bonds.